The number of rotatable bonds is 9. The first-order valence-corrected chi connectivity index (χ1v) is 9.17. The fourth-order valence-electron chi connectivity index (χ4n) is 3.02. The summed E-state index contributed by atoms with van der Waals surface area (Å²) < 4.78 is 0. The fourth-order valence-corrected chi connectivity index (χ4v) is 3.25. The Balaban J connectivity index is 1.35. The maximum atomic E-state index is 12.4. The second-order valence-corrected chi connectivity index (χ2v) is 6.63. The van der Waals surface area contributed by atoms with Crippen molar-refractivity contribution in [2.45, 2.75) is 25.7 Å². The van der Waals surface area contributed by atoms with Crippen molar-refractivity contribution in [1.82, 2.24) is 10.3 Å². The summed E-state index contributed by atoms with van der Waals surface area (Å²) in [5.74, 6) is 0.216. The van der Waals surface area contributed by atoms with Crippen LogP contribution in [0.1, 0.15) is 35.2 Å². The van der Waals surface area contributed by atoms with Gasteiger partial charge >= 0.3 is 0 Å². The van der Waals surface area contributed by atoms with E-state index >= 15 is 0 Å². The number of benzene rings is 2. The van der Waals surface area contributed by atoms with Crippen molar-refractivity contribution in [3.63, 3.8) is 0 Å². The molecule has 3 nitrogen and oxygen atoms in total. The lowest BCUT2D eigenvalue weighted by molar-refractivity contribution is 0.0981. The Hall–Kier alpha value is -2.10. The Kier molecular flexibility index (Phi) is 6.26. The van der Waals surface area contributed by atoms with Gasteiger partial charge in [0.1, 0.15) is 0 Å². The van der Waals surface area contributed by atoms with Crippen LogP contribution in [-0.4, -0.2) is 23.9 Å². The molecule has 0 saturated heterocycles. The molecule has 0 unspecified atom stereocenters. The number of carbonyl (C=O) groups is 1. The van der Waals surface area contributed by atoms with E-state index < -0.39 is 0 Å². The summed E-state index contributed by atoms with van der Waals surface area (Å²) >= 11 is 6.14. The minimum absolute atomic E-state index is 0.216. The molecule has 0 fully saturated rings. The predicted molar refractivity (Wildman–Crippen MR) is 105 cm³/mol. The summed E-state index contributed by atoms with van der Waals surface area (Å²) in [4.78, 5) is 15.5. The molecule has 0 aliphatic carbocycles. The Morgan fingerprint density at radius 3 is 2.68 bits per heavy atom. The third kappa shape index (κ3) is 4.71. The fraction of sp³-hybridized carbons (Fsp3) is 0.286. The van der Waals surface area contributed by atoms with Crippen molar-refractivity contribution in [3.05, 3.63) is 70.9 Å². The Labute approximate surface area is 153 Å². The third-order valence-corrected chi connectivity index (χ3v) is 4.79. The average Bonchev–Trinajstić information content (AvgIpc) is 3.06. The van der Waals surface area contributed by atoms with Crippen molar-refractivity contribution in [1.29, 1.82) is 0 Å². The van der Waals surface area contributed by atoms with E-state index in [-0.39, 0.29) is 5.78 Å². The van der Waals surface area contributed by atoms with Gasteiger partial charge in [0, 0.05) is 34.1 Å². The van der Waals surface area contributed by atoms with Crippen LogP contribution >= 0.6 is 11.6 Å². The van der Waals surface area contributed by atoms with E-state index in [1.165, 1.54) is 5.56 Å². The van der Waals surface area contributed by atoms with Gasteiger partial charge in [0.05, 0.1) is 0 Å². The molecule has 3 aromatic rings. The van der Waals surface area contributed by atoms with Gasteiger partial charge in [0.25, 0.3) is 0 Å². The zero-order chi connectivity index (χ0) is 17.5. The average molecular weight is 355 g/mol. The molecule has 0 aliphatic heterocycles. The molecule has 1 aromatic heterocycles. The normalized spacial score (nSPS) is 11.1. The van der Waals surface area contributed by atoms with Crippen LogP contribution < -0.4 is 5.32 Å². The molecule has 0 saturated carbocycles. The number of aromatic nitrogens is 1. The molecule has 1 heterocycles. The van der Waals surface area contributed by atoms with E-state index in [4.69, 9.17) is 11.6 Å². The predicted octanol–water partition coefficient (Wildman–Crippen LogP) is 5.01. The van der Waals surface area contributed by atoms with Crippen LogP contribution in [0.3, 0.4) is 0 Å². The quantitative estimate of drug-likeness (QED) is 0.419. The number of hydrogen-bond donors (Lipinski definition) is 2. The molecule has 0 amide bonds. The molecule has 130 valence electrons. The van der Waals surface area contributed by atoms with E-state index in [2.05, 4.69) is 16.4 Å². The molecule has 0 atom stereocenters. The topological polar surface area (TPSA) is 44.9 Å². The number of Topliss-reactive ketones (excluding diaryl/α,β-unsaturated/α-hetero) is 1. The minimum Gasteiger partial charge on any atom is -0.360 e. The molecule has 0 aliphatic rings. The smallest absolute Gasteiger partial charge is 0.165 e. The summed E-state index contributed by atoms with van der Waals surface area (Å²) in [5.41, 5.74) is 3.00. The van der Waals surface area contributed by atoms with E-state index in [0.717, 1.165) is 53.8 Å². The number of halogens is 1. The van der Waals surface area contributed by atoms with Gasteiger partial charge in [-0.15, -0.1) is 0 Å². The molecule has 2 aromatic carbocycles. The monoisotopic (exact) mass is 354 g/mol. The number of fused-ring (bicyclic) bond motifs is 1. The van der Waals surface area contributed by atoms with Crippen LogP contribution in [0.5, 0.6) is 0 Å². The van der Waals surface area contributed by atoms with Gasteiger partial charge in [-0.1, -0.05) is 48.0 Å². The van der Waals surface area contributed by atoms with Crippen molar-refractivity contribution < 1.29 is 4.79 Å². The number of unbranched alkanes of at least 4 members (excludes halogenated alkanes) is 1. The second-order valence-electron chi connectivity index (χ2n) is 6.22. The first-order chi connectivity index (χ1) is 12.3. The molecule has 2 N–H and O–H groups in total. The molecule has 3 rings (SSSR count). The van der Waals surface area contributed by atoms with Crippen LogP contribution in [0.4, 0.5) is 0 Å². The first-order valence-electron chi connectivity index (χ1n) is 8.79. The van der Waals surface area contributed by atoms with Crippen molar-refractivity contribution >= 4 is 28.3 Å². The Morgan fingerprint density at radius 1 is 1.00 bits per heavy atom. The Bertz CT molecular complexity index is 841. The molecule has 0 spiro atoms. The first kappa shape index (κ1) is 17.7. The molecular weight excluding hydrogens is 332 g/mol. The maximum absolute atomic E-state index is 12.4. The van der Waals surface area contributed by atoms with Gasteiger partial charge in [-0.2, -0.15) is 0 Å². The minimum atomic E-state index is 0.216. The van der Waals surface area contributed by atoms with Gasteiger partial charge in [-0.3, -0.25) is 4.79 Å². The van der Waals surface area contributed by atoms with Crippen molar-refractivity contribution in [2.24, 2.45) is 0 Å². The van der Waals surface area contributed by atoms with Crippen LogP contribution in [0.2, 0.25) is 5.02 Å². The number of para-hydroxylation sites is 1. The van der Waals surface area contributed by atoms with Gasteiger partial charge in [0.15, 0.2) is 5.78 Å². The summed E-state index contributed by atoms with van der Waals surface area (Å²) in [7, 11) is 0. The summed E-state index contributed by atoms with van der Waals surface area (Å²) in [6.45, 7) is 1.83. The molecule has 0 radical (unpaired) electrons. The number of nitrogens with one attached hydrogen (secondary N) is 2. The summed E-state index contributed by atoms with van der Waals surface area (Å²) in [6, 6.07) is 15.9. The van der Waals surface area contributed by atoms with E-state index in [0.29, 0.717) is 6.42 Å². The zero-order valence-electron chi connectivity index (χ0n) is 14.2. The summed E-state index contributed by atoms with van der Waals surface area (Å²) in [5, 5.41) is 5.27. The lowest BCUT2D eigenvalue weighted by Crippen LogP contribution is -2.18. The highest BCUT2D eigenvalue weighted by Gasteiger charge is 2.10. The third-order valence-electron chi connectivity index (χ3n) is 4.43. The van der Waals surface area contributed by atoms with Gasteiger partial charge in [-0.05, 0) is 50.0 Å². The number of carbonyl (C=O) groups excluding carboxylic acids is 1. The number of H-pyrrole nitrogens is 1. The van der Waals surface area contributed by atoms with Crippen LogP contribution in [0.15, 0.2) is 54.7 Å². The number of hydrogen-bond acceptors (Lipinski definition) is 2. The standard InChI is InChI=1S/C21H23ClN2O/c22-19-9-3-1-7-16(19)12-14-23-13-6-5-11-21(25)18-15-24-20-10-4-2-8-17(18)20/h1-4,7-10,15,23-24H,5-6,11-14H2. The van der Waals surface area contributed by atoms with Crippen molar-refractivity contribution in [3.8, 4) is 0 Å². The van der Waals surface area contributed by atoms with Crippen LogP contribution in [0.25, 0.3) is 10.9 Å². The molecule has 4 heteroatoms. The van der Waals surface area contributed by atoms with E-state index in [1.54, 1.807) is 0 Å². The lowest BCUT2D eigenvalue weighted by Gasteiger charge is -2.06. The zero-order valence-corrected chi connectivity index (χ0v) is 15.0. The van der Waals surface area contributed by atoms with Crippen molar-refractivity contribution in [2.75, 3.05) is 13.1 Å². The second kappa shape index (κ2) is 8.84. The lowest BCUT2D eigenvalue weighted by atomic mass is 10.0. The van der Waals surface area contributed by atoms with Crippen LogP contribution in [-0.2, 0) is 6.42 Å². The van der Waals surface area contributed by atoms with E-state index in [1.807, 2.05) is 48.7 Å². The molecule has 0 bridgehead atoms. The Morgan fingerprint density at radius 2 is 1.80 bits per heavy atom. The molecular formula is C21H23ClN2O. The van der Waals surface area contributed by atoms with Gasteiger partial charge in [0.2, 0.25) is 0 Å². The largest absolute Gasteiger partial charge is 0.360 e. The van der Waals surface area contributed by atoms with Crippen LogP contribution in [0, 0.1) is 0 Å². The summed E-state index contributed by atoms with van der Waals surface area (Å²) in [6.07, 6.45) is 5.24. The maximum Gasteiger partial charge on any atom is 0.165 e. The van der Waals surface area contributed by atoms with E-state index in [9.17, 15) is 4.79 Å². The number of ketones is 1. The van der Waals surface area contributed by atoms with Gasteiger partial charge < -0.3 is 10.3 Å². The number of aromatic amines is 1. The highest BCUT2D eigenvalue weighted by Crippen LogP contribution is 2.19. The SMILES string of the molecule is O=C(CCCCNCCc1ccccc1Cl)c1c[nH]c2ccccc12. The molecule has 25 heavy (non-hydrogen) atoms. The van der Waals surface area contributed by atoms with Gasteiger partial charge in [-0.25, -0.2) is 0 Å². The highest BCUT2D eigenvalue weighted by atomic mass is 35.5. The highest BCUT2D eigenvalue weighted by molar-refractivity contribution is 6.31.